The smallest absolute Gasteiger partial charge is 0.159 e. The molecule has 3 aromatic heterocycles. The number of piperidine rings is 1. The summed E-state index contributed by atoms with van der Waals surface area (Å²) < 4.78 is 1.56. The van der Waals surface area contributed by atoms with Gasteiger partial charge in [0, 0.05) is 42.5 Å². The zero-order chi connectivity index (χ0) is 23.3. The number of aryl methyl sites for hydroxylation is 1. The van der Waals surface area contributed by atoms with Gasteiger partial charge in [0.05, 0.1) is 22.1 Å². The van der Waals surface area contributed by atoms with E-state index in [1.54, 1.807) is 11.7 Å². The van der Waals surface area contributed by atoms with Gasteiger partial charge in [-0.15, -0.1) is 0 Å². The van der Waals surface area contributed by atoms with E-state index < -0.39 is 0 Å². The lowest BCUT2D eigenvalue weighted by molar-refractivity contribution is 0.329. The van der Waals surface area contributed by atoms with Gasteiger partial charge >= 0.3 is 0 Å². The van der Waals surface area contributed by atoms with Crippen LogP contribution in [-0.4, -0.2) is 42.9 Å². The van der Waals surface area contributed by atoms with Gasteiger partial charge in [0.1, 0.15) is 23.1 Å². The third-order valence-corrected chi connectivity index (χ3v) is 7.24. The van der Waals surface area contributed by atoms with Crippen molar-refractivity contribution in [3.05, 3.63) is 35.2 Å². The van der Waals surface area contributed by atoms with Gasteiger partial charge < -0.3 is 15.6 Å². The molecular formula is C24H27ClN8. The lowest BCUT2D eigenvalue weighted by Crippen LogP contribution is -2.53. The van der Waals surface area contributed by atoms with Gasteiger partial charge in [0.25, 0.3) is 0 Å². The highest BCUT2D eigenvalue weighted by molar-refractivity contribution is 6.39. The van der Waals surface area contributed by atoms with Crippen LogP contribution in [0, 0.1) is 11.3 Å². The number of rotatable bonds is 4. The highest BCUT2D eigenvalue weighted by atomic mass is 35.5. The fourth-order valence-electron chi connectivity index (χ4n) is 5.22. The number of halogens is 1. The van der Waals surface area contributed by atoms with E-state index in [1.807, 2.05) is 24.5 Å². The van der Waals surface area contributed by atoms with E-state index in [2.05, 4.69) is 34.9 Å². The fraction of sp³-hybridized carbons (Fsp3) is 0.417. The van der Waals surface area contributed by atoms with Crippen LogP contribution in [0.5, 0.6) is 0 Å². The average molecular weight is 463 g/mol. The van der Waals surface area contributed by atoms with Crippen LogP contribution in [0.2, 0.25) is 5.02 Å². The summed E-state index contributed by atoms with van der Waals surface area (Å²) in [6, 6.07) is 6.94. The van der Waals surface area contributed by atoms with Crippen molar-refractivity contribution in [2.24, 2.45) is 12.8 Å². The van der Waals surface area contributed by atoms with Crippen LogP contribution in [0.3, 0.4) is 0 Å². The number of nitrogens with one attached hydrogen (secondary N) is 1. The van der Waals surface area contributed by atoms with E-state index >= 15 is 0 Å². The number of aromatic nitrogens is 5. The average Bonchev–Trinajstić information content (AvgIpc) is 3.38. The number of nitrogens with two attached hydrogens (primary N) is 1. The molecule has 0 radical (unpaired) electrons. The summed E-state index contributed by atoms with van der Waals surface area (Å²) in [5.74, 6) is 0.877. The van der Waals surface area contributed by atoms with E-state index in [4.69, 9.17) is 27.3 Å². The Bertz CT molecular complexity index is 1370. The van der Waals surface area contributed by atoms with Crippen LogP contribution in [0.15, 0.2) is 24.5 Å². The molecule has 4 heterocycles. The fourth-order valence-corrected chi connectivity index (χ4v) is 5.57. The lowest BCUT2D eigenvalue weighted by Gasteiger charge is -2.44. The number of hydrogen-bond donors (Lipinski definition) is 2. The zero-order valence-corrected chi connectivity index (χ0v) is 19.8. The highest BCUT2D eigenvalue weighted by Crippen LogP contribution is 2.39. The zero-order valence-electron chi connectivity index (χ0n) is 19.0. The lowest BCUT2D eigenvalue weighted by atomic mass is 9.89. The molecule has 0 aliphatic carbocycles. The molecule has 33 heavy (non-hydrogen) atoms. The minimum absolute atomic E-state index is 0.229. The Hall–Kier alpha value is -3.15. The Morgan fingerprint density at radius 1 is 1.21 bits per heavy atom. The van der Waals surface area contributed by atoms with Gasteiger partial charge in [-0.1, -0.05) is 31.5 Å². The second-order valence-electron chi connectivity index (χ2n) is 8.80. The van der Waals surface area contributed by atoms with Crippen molar-refractivity contribution in [3.63, 3.8) is 0 Å². The van der Waals surface area contributed by atoms with E-state index in [-0.39, 0.29) is 6.04 Å². The van der Waals surface area contributed by atoms with Gasteiger partial charge in [-0.25, -0.2) is 9.97 Å². The van der Waals surface area contributed by atoms with Crippen molar-refractivity contribution < 1.29 is 0 Å². The van der Waals surface area contributed by atoms with Crippen LogP contribution >= 0.6 is 11.6 Å². The van der Waals surface area contributed by atoms with E-state index in [0.717, 1.165) is 48.1 Å². The molecule has 0 bridgehead atoms. The first kappa shape index (κ1) is 21.7. The van der Waals surface area contributed by atoms with Gasteiger partial charge in [-0.3, -0.25) is 4.68 Å². The summed E-state index contributed by atoms with van der Waals surface area (Å²) >= 11 is 6.79. The quantitative estimate of drug-likeness (QED) is 0.461. The largest absolute Gasteiger partial charge is 0.349 e. The Balaban J connectivity index is 1.60. The molecule has 9 heteroatoms. The number of fused-ring (bicyclic) bond motifs is 2. The molecule has 0 amide bonds. The third kappa shape index (κ3) is 3.43. The van der Waals surface area contributed by atoms with Crippen LogP contribution in [0.4, 0.5) is 5.82 Å². The van der Waals surface area contributed by atoms with Crippen molar-refractivity contribution in [3.8, 4) is 17.2 Å². The summed E-state index contributed by atoms with van der Waals surface area (Å²) in [5.41, 5.74) is 10.6. The van der Waals surface area contributed by atoms with Gasteiger partial charge in [0.15, 0.2) is 5.65 Å². The van der Waals surface area contributed by atoms with Crippen molar-refractivity contribution in [1.29, 1.82) is 5.26 Å². The molecule has 0 spiro atoms. The number of nitriles is 1. The van der Waals surface area contributed by atoms with Gasteiger partial charge in [-0.05, 0) is 31.7 Å². The number of aromatic amines is 1. The molecular weight excluding hydrogens is 436 g/mol. The molecule has 5 rings (SSSR count). The first-order chi connectivity index (χ1) is 16.0. The maximum absolute atomic E-state index is 9.57. The minimum Gasteiger partial charge on any atom is -0.349 e. The molecule has 4 aromatic rings. The van der Waals surface area contributed by atoms with Crippen molar-refractivity contribution >= 4 is 39.5 Å². The Morgan fingerprint density at radius 2 is 1.94 bits per heavy atom. The first-order valence-corrected chi connectivity index (χ1v) is 11.8. The van der Waals surface area contributed by atoms with Crippen molar-refractivity contribution in [2.75, 3.05) is 4.90 Å². The molecule has 3 atom stereocenters. The topological polar surface area (TPSA) is 112 Å². The number of hydrogen-bond acceptors (Lipinski definition) is 6. The van der Waals surface area contributed by atoms with E-state index in [9.17, 15) is 5.26 Å². The Kier molecular flexibility index (Phi) is 5.47. The molecule has 1 saturated heterocycles. The Labute approximate surface area is 197 Å². The molecule has 8 nitrogen and oxygen atoms in total. The van der Waals surface area contributed by atoms with Gasteiger partial charge in [0.2, 0.25) is 0 Å². The maximum Gasteiger partial charge on any atom is 0.159 e. The summed E-state index contributed by atoms with van der Waals surface area (Å²) in [5, 5.41) is 15.1. The molecule has 0 unspecified atom stereocenters. The van der Waals surface area contributed by atoms with E-state index in [1.165, 1.54) is 0 Å². The monoisotopic (exact) mass is 462 g/mol. The van der Waals surface area contributed by atoms with Crippen LogP contribution in [0.1, 0.15) is 45.2 Å². The predicted molar refractivity (Wildman–Crippen MR) is 131 cm³/mol. The summed E-state index contributed by atoms with van der Waals surface area (Å²) in [7, 11) is 1.74. The molecule has 1 fully saturated rings. The number of anilines is 1. The molecule has 3 N–H and O–H groups in total. The second-order valence-corrected chi connectivity index (χ2v) is 9.17. The Morgan fingerprint density at radius 3 is 2.61 bits per heavy atom. The molecule has 1 aliphatic rings. The predicted octanol–water partition coefficient (Wildman–Crippen LogP) is 4.52. The highest BCUT2D eigenvalue weighted by Gasteiger charge is 2.33. The molecule has 0 saturated carbocycles. The molecule has 170 valence electrons. The first-order valence-electron chi connectivity index (χ1n) is 11.4. The normalized spacial score (nSPS) is 21.1. The number of H-pyrrole nitrogens is 1. The summed E-state index contributed by atoms with van der Waals surface area (Å²) in [6.07, 6.45) is 7.70. The van der Waals surface area contributed by atoms with Crippen molar-refractivity contribution in [2.45, 2.75) is 57.7 Å². The molecule has 1 aromatic carbocycles. The standard InChI is InChI=1S/C24H27ClN8/c1-4-14-8-13(27)9-15(5-2)33(14)20-12-28-23-17(11-29-24(23)30-20)16-6-7-18-21(22(16)25)19(10-26)32(3)31-18/h6-7,11-15H,4-5,8-9,27H2,1-3H3,(H,29,30)/t13-,14+,15-. The third-order valence-electron chi connectivity index (χ3n) is 6.85. The SMILES string of the molecule is CC[C@@H]1C[C@H](N)C[C@H](CC)N1c1cnc2c(-c3ccc4nn(C)c(C#N)c4c3Cl)c[nH]c2n1. The summed E-state index contributed by atoms with van der Waals surface area (Å²) in [4.78, 5) is 15.4. The van der Waals surface area contributed by atoms with Crippen LogP contribution < -0.4 is 10.6 Å². The van der Waals surface area contributed by atoms with Crippen LogP contribution in [-0.2, 0) is 7.05 Å². The number of benzene rings is 1. The second kappa shape index (κ2) is 8.32. The van der Waals surface area contributed by atoms with Gasteiger partial charge in [-0.2, -0.15) is 10.4 Å². The van der Waals surface area contributed by atoms with E-state index in [0.29, 0.717) is 39.4 Å². The van der Waals surface area contributed by atoms with Crippen molar-refractivity contribution in [1.82, 2.24) is 24.7 Å². The maximum atomic E-state index is 9.57. The molecule has 1 aliphatic heterocycles. The summed E-state index contributed by atoms with van der Waals surface area (Å²) in [6.45, 7) is 4.40. The van der Waals surface area contributed by atoms with Crippen LogP contribution in [0.25, 0.3) is 33.2 Å². The number of nitrogens with zero attached hydrogens (tertiary/aromatic N) is 6. The minimum atomic E-state index is 0.229.